The SMILES string of the molecule is CCCNC(COCCOCCCOC)(C(N)=O)C1CC1. The molecule has 0 radical (unpaired) electrons. The van der Waals surface area contributed by atoms with E-state index in [4.69, 9.17) is 19.9 Å². The Morgan fingerprint density at radius 3 is 2.52 bits per heavy atom. The Balaban J connectivity index is 2.25. The molecular weight excluding hydrogens is 272 g/mol. The topological polar surface area (TPSA) is 82.8 Å². The lowest BCUT2D eigenvalue weighted by atomic mass is 9.93. The van der Waals surface area contributed by atoms with E-state index in [1.807, 2.05) is 0 Å². The van der Waals surface area contributed by atoms with Crippen LogP contribution in [0.1, 0.15) is 32.6 Å². The second-order valence-corrected chi connectivity index (χ2v) is 5.55. The van der Waals surface area contributed by atoms with Gasteiger partial charge < -0.3 is 25.3 Å². The Morgan fingerprint density at radius 1 is 1.24 bits per heavy atom. The summed E-state index contributed by atoms with van der Waals surface area (Å²) in [6.45, 7) is 5.54. The third-order valence-electron chi connectivity index (χ3n) is 3.74. The molecule has 0 aromatic rings. The quantitative estimate of drug-likeness (QED) is 0.461. The van der Waals surface area contributed by atoms with Crippen LogP contribution >= 0.6 is 0 Å². The van der Waals surface area contributed by atoms with Gasteiger partial charge in [-0.15, -0.1) is 0 Å². The zero-order chi connectivity index (χ0) is 15.6. The molecule has 1 saturated carbocycles. The van der Waals surface area contributed by atoms with Crippen molar-refractivity contribution in [2.75, 3.05) is 46.7 Å². The zero-order valence-corrected chi connectivity index (χ0v) is 13.4. The molecule has 0 aliphatic heterocycles. The van der Waals surface area contributed by atoms with Gasteiger partial charge in [-0.3, -0.25) is 4.79 Å². The Hall–Kier alpha value is -0.690. The molecule has 6 nitrogen and oxygen atoms in total. The lowest BCUT2D eigenvalue weighted by Crippen LogP contribution is -2.60. The van der Waals surface area contributed by atoms with E-state index in [1.165, 1.54) is 0 Å². The third kappa shape index (κ3) is 6.30. The van der Waals surface area contributed by atoms with Crippen molar-refractivity contribution < 1.29 is 19.0 Å². The van der Waals surface area contributed by atoms with Gasteiger partial charge in [-0.1, -0.05) is 6.92 Å². The van der Waals surface area contributed by atoms with Gasteiger partial charge in [-0.2, -0.15) is 0 Å². The highest BCUT2D eigenvalue weighted by atomic mass is 16.5. The number of hydrogen-bond donors (Lipinski definition) is 2. The van der Waals surface area contributed by atoms with E-state index >= 15 is 0 Å². The molecule has 124 valence electrons. The lowest BCUT2D eigenvalue weighted by Gasteiger charge is -2.31. The number of hydrogen-bond acceptors (Lipinski definition) is 5. The van der Waals surface area contributed by atoms with E-state index in [-0.39, 0.29) is 5.91 Å². The first kappa shape index (κ1) is 18.4. The number of carbonyl (C=O) groups is 1. The molecule has 0 saturated heterocycles. The molecule has 1 amide bonds. The van der Waals surface area contributed by atoms with Crippen LogP contribution in [0.25, 0.3) is 0 Å². The Kier molecular flexibility index (Phi) is 8.84. The molecule has 0 heterocycles. The van der Waals surface area contributed by atoms with E-state index in [2.05, 4.69) is 12.2 Å². The maximum absolute atomic E-state index is 11.9. The summed E-state index contributed by atoms with van der Waals surface area (Å²) in [5.74, 6) is 0.00337. The average molecular weight is 302 g/mol. The molecule has 0 spiro atoms. The van der Waals surface area contributed by atoms with Gasteiger partial charge in [0.25, 0.3) is 0 Å². The molecule has 21 heavy (non-hydrogen) atoms. The summed E-state index contributed by atoms with van der Waals surface area (Å²) in [7, 11) is 1.67. The minimum atomic E-state index is -0.702. The van der Waals surface area contributed by atoms with Crippen LogP contribution in [0.3, 0.4) is 0 Å². The molecule has 0 bridgehead atoms. The predicted octanol–water partition coefficient (Wildman–Crippen LogP) is 0.690. The summed E-state index contributed by atoms with van der Waals surface area (Å²) < 4.78 is 16.0. The summed E-state index contributed by atoms with van der Waals surface area (Å²) in [6.07, 6.45) is 3.92. The lowest BCUT2D eigenvalue weighted by molar-refractivity contribution is -0.128. The largest absolute Gasteiger partial charge is 0.385 e. The number of methoxy groups -OCH3 is 1. The number of amides is 1. The first-order valence-electron chi connectivity index (χ1n) is 7.86. The fraction of sp³-hybridized carbons (Fsp3) is 0.933. The molecule has 1 aliphatic carbocycles. The van der Waals surface area contributed by atoms with Crippen LogP contribution in [0.15, 0.2) is 0 Å². The van der Waals surface area contributed by atoms with Gasteiger partial charge in [0, 0.05) is 20.3 Å². The van der Waals surface area contributed by atoms with Crippen molar-refractivity contribution in [3.63, 3.8) is 0 Å². The average Bonchev–Trinajstić information content (AvgIpc) is 3.30. The molecule has 1 fully saturated rings. The molecular formula is C15H30N2O4. The maximum atomic E-state index is 11.9. The standard InChI is InChI=1S/C15H30N2O4/c1-3-7-17-15(14(16)18,13-5-6-13)12-21-11-10-20-9-4-8-19-2/h13,17H,3-12H2,1-2H3,(H2,16,18). The summed E-state index contributed by atoms with van der Waals surface area (Å²) in [5, 5.41) is 3.31. The Labute approximate surface area is 127 Å². The second kappa shape index (κ2) is 10.1. The molecule has 1 rings (SSSR count). The Bertz CT molecular complexity index is 297. The van der Waals surface area contributed by atoms with Crippen molar-refractivity contribution in [2.45, 2.75) is 38.1 Å². The predicted molar refractivity (Wildman–Crippen MR) is 81.1 cm³/mol. The van der Waals surface area contributed by atoms with Gasteiger partial charge in [-0.25, -0.2) is 0 Å². The monoisotopic (exact) mass is 302 g/mol. The Morgan fingerprint density at radius 2 is 1.95 bits per heavy atom. The van der Waals surface area contributed by atoms with Gasteiger partial charge in [0.15, 0.2) is 0 Å². The fourth-order valence-electron chi connectivity index (χ4n) is 2.36. The first-order chi connectivity index (χ1) is 10.2. The molecule has 0 aromatic carbocycles. The van der Waals surface area contributed by atoms with E-state index in [1.54, 1.807) is 7.11 Å². The highest BCUT2D eigenvalue weighted by Crippen LogP contribution is 2.39. The summed E-state index contributed by atoms with van der Waals surface area (Å²) in [6, 6.07) is 0. The highest BCUT2D eigenvalue weighted by Gasteiger charge is 2.49. The van der Waals surface area contributed by atoms with Crippen LogP contribution in [-0.2, 0) is 19.0 Å². The molecule has 3 N–H and O–H groups in total. The molecule has 0 aromatic heterocycles. The van der Waals surface area contributed by atoms with Crippen molar-refractivity contribution in [2.24, 2.45) is 11.7 Å². The smallest absolute Gasteiger partial charge is 0.240 e. The summed E-state index contributed by atoms with van der Waals surface area (Å²) in [5.41, 5.74) is 4.92. The highest BCUT2D eigenvalue weighted by molar-refractivity contribution is 5.85. The molecule has 1 unspecified atom stereocenters. The van der Waals surface area contributed by atoms with Crippen LogP contribution in [-0.4, -0.2) is 58.1 Å². The van der Waals surface area contributed by atoms with Crippen LogP contribution in [0.2, 0.25) is 0 Å². The van der Waals surface area contributed by atoms with E-state index < -0.39 is 5.54 Å². The number of primary amides is 1. The normalized spacial score (nSPS) is 17.6. The van der Waals surface area contributed by atoms with Crippen molar-refractivity contribution in [3.8, 4) is 0 Å². The number of nitrogens with one attached hydrogen (secondary N) is 1. The van der Waals surface area contributed by atoms with Crippen molar-refractivity contribution >= 4 is 5.91 Å². The van der Waals surface area contributed by atoms with Crippen LogP contribution in [0.5, 0.6) is 0 Å². The zero-order valence-electron chi connectivity index (χ0n) is 13.4. The van der Waals surface area contributed by atoms with Gasteiger partial charge in [0.1, 0.15) is 5.54 Å². The first-order valence-corrected chi connectivity index (χ1v) is 7.86. The minimum absolute atomic E-state index is 0.306. The summed E-state index contributed by atoms with van der Waals surface area (Å²) in [4.78, 5) is 11.9. The van der Waals surface area contributed by atoms with Crippen molar-refractivity contribution in [1.29, 1.82) is 0 Å². The third-order valence-corrected chi connectivity index (χ3v) is 3.74. The van der Waals surface area contributed by atoms with Gasteiger partial charge in [0.2, 0.25) is 5.91 Å². The number of nitrogens with two attached hydrogens (primary N) is 1. The van der Waals surface area contributed by atoms with Crippen LogP contribution in [0, 0.1) is 5.92 Å². The van der Waals surface area contributed by atoms with E-state index in [0.717, 1.165) is 32.2 Å². The van der Waals surface area contributed by atoms with Crippen molar-refractivity contribution in [1.82, 2.24) is 5.32 Å². The van der Waals surface area contributed by atoms with Crippen LogP contribution < -0.4 is 11.1 Å². The fourth-order valence-corrected chi connectivity index (χ4v) is 2.36. The van der Waals surface area contributed by atoms with Crippen LogP contribution in [0.4, 0.5) is 0 Å². The molecule has 1 aliphatic rings. The van der Waals surface area contributed by atoms with E-state index in [0.29, 0.717) is 39.0 Å². The van der Waals surface area contributed by atoms with Gasteiger partial charge >= 0.3 is 0 Å². The number of carbonyl (C=O) groups excluding carboxylic acids is 1. The van der Waals surface area contributed by atoms with Crippen molar-refractivity contribution in [3.05, 3.63) is 0 Å². The number of ether oxygens (including phenoxy) is 3. The van der Waals surface area contributed by atoms with Gasteiger partial charge in [0.05, 0.1) is 19.8 Å². The summed E-state index contributed by atoms with van der Waals surface area (Å²) >= 11 is 0. The van der Waals surface area contributed by atoms with Gasteiger partial charge in [-0.05, 0) is 38.1 Å². The minimum Gasteiger partial charge on any atom is -0.385 e. The van der Waals surface area contributed by atoms with E-state index in [9.17, 15) is 4.79 Å². The maximum Gasteiger partial charge on any atom is 0.240 e. The molecule has 6 heteroatoms. The number of rotatable bonds is 14. The molecule has 1 atom stereocenters. The second-order valence-electron chi connectivity index (χ2n) is 5.55.